The zero-order valence-electron chi connectivity index (χ0n) is 16.4. The summed E-state index contributed by atoms with van der Waals surface area (Å²) in [4.78, 5) is 14.1. The molecule has 3 saturated heterocycles. The lowest BCUT2D eigenvalue weighted by Gasteiger charge is -2.36. The Balaban J connectivity index is 1.36. The van der Waals surface area contributed by atoms with Gasteiger partial charge in [0.05, 0.1) is 18.4 Å². The van der Waals surface area contributed by atoms with E-state index in [1.165, 1.54) is 38.9 Å². The minimum absolute atomic E-state index is 0.252. The van der Waals surface area contributed by atoms with Gasteiger partial charge in [-0.1, -0.05) is 6.92 Å². The molecule has 3 aliphatic rings. The molecule has 0 radical (unpaired) electrons. The lowest BCUT2D eigenvalue weighted by atomic mass is 9.93. The third kappa shape index (κ3) is 4.70. The van der Waals surface area contributed by atoms with Crippen LogP contribution >= 0.6 is 0 Å². The van der Waals surface area contributed by atoms with Crippen LogP contribution in [0.25, 0.3) is 0 Å². The fraction of sp³-hybridized carbons (Fsp3) is 0.800. The molecule has 1 aromatic rings. The first-order chi connectivity index (χ1) is 13.2. The Morgan fingerprint density at radius 2 is 2.04 bits per heavy atom. The minimum atomic E-state index is -0.252. The highest BCUT2D eigenvalue weighted by atomic mass is 16.5. The van der Waals surface area contributed by atoms with Crippen molar-refractivity contribution in [3.05, 3.63) is 11.8 Å². The van der Waals surface area contributed by atoms with Crippen LogP contribution in [0.15, 0.2) is 6.07 Å². The average molecular weight is 376 g/mol. The van der Waals surface area contributed by atoms with Gasteiger partial charge < -0.3 is 25.0 Å². The highest BCUT2D eigenvalue weighted by Crippen LogP contribution is 2.28. The quantitative estimate of drug-likeness (QED) is 0.751. The number of ether oxygens (including phenoxy) is 1. The van der Waals surface area contributed by atoms with Crippen molar-refractivity contribution in [3.8, 4) is 0 Å². The third-order valence-corrected chi connectivity index (χ3v) is 6.24. The van der Waals surface area contributed by atoms with E-state index in [0.29, 0.717) is 19.0 Å². The highest BCUT2D eigenvalue weighted by Gasteiger charge is 2.29. The molecule has 4 heterocycles. The zero-order valence-corrected chi connectivity index (χ0v) is 16.4. The SMILES string of the molecule is CCN1CCC(CCNc2cc([C@H]3CCOC3)nc(N3CC(O)C3)n2)CC1. The molecular weight excluding hydrogens is 342 g/mol. The largest absolute Gasteiger partial charge is 0.389 e. The molecule has 0 saturated carbocycles. The molecule has 27 heavy (non-hydrogen) atoms. The summed E-state index contributed by atoms with van der Waals surface area (Å²) in [5.74, 6) is 2.82. The van der Waals surface area contributed by atoms with E-state index in [0.717, 1.165) is 49.6 Å². The molecule has 7 nitrogen and oxygen atoms in total. The predicted octanol–water partition coefficient (Wildman–Crippen LogP) is 1.70. The van der Waals surface area contributed by atoms with Crippen LogP contribution in [0.5, 0.6) is 0 Å². The first-order valence-electron chi connectivity index (χ1n) is 10.6. The molecule has 3 fully saturated rings. The van der Waals surface area contributed by atoms with E-state index in [1.807, 2.05) is 0 Å². The Morgan fingerprint density at radius 1 is 1.22 bits per heavy atom. The second kappa shape index (κ2) is 8.71. The number of aliphatic hydroxyl groups excluding tert-OH is 1. The number of aromatic nitrogens is 2. The molecule has 4 rings (SSSR count). The molecule has 0 amide bonds. The van der Waals surface area contributed by atoms with Crippen molar-refractivity contribution in [2.24, 2.45) is 5.92 Å². The second-order valence-electron chi connectivity index (χ2n) is 8.19. The molecule has 1 atom stereocenters. The summed E-state index contributed by atoms with van der Waals surface area (Å²) in [6.07, 6.45) is 4.58. The van der Waals surface area contributed by atoms with Gasteiger partial charge in [0.25, 0.3) is 0 Å². The fourth-order valence-electron chi connectivity index (χ4n) is 4.28. The predicted molar refractivity (Wildman–Crippen MR) is 106 cm³/mol. The maximum Gasteiger partial charge on any atom is 0.227 e. The summed E-state index contributed by atoms with van der Waals surface area (Å²) in [5.41, 5.74) is 1.07. The Hall–Kier alpha value is -1.44. The van der Waals surface area contributed by atoms with E-state index in [-0.39, 0.29) is 6.10 Å². The third-order valence-electron chi connectivity index (χ3n) is 6.24. The summed E-state index contributed by atoms with van der Waals surface area (Å²) < 4.78 is 5.55. The summed E-state index contributed by atoms with van der Waals surface area (Å²) in [6.45, 7) is 9.66. The topological polar surface area (TPSA) is 73.8 Å². The van der Waals surface area contributed by atoms with E-state index >= 15 is 0 Å². The van der Waals surface area contributed by atoms with E-state index in [4.69, 9.17) is 14.7 Å². The van der Waals surface area contributed by atoms with Crippen molar-refractivity contribution in [2.45, 2.75) is 44.6 Å². The Bertz CT molecular complexity index is 608. The van der Waals surface area contributed by atoms with Crippen molar-refractivity contribution < 1.29 is 9.84 Å². The number of piperidine rings is 1. The number of aliphatic hydroxyl groups is 1. The number of nitrogens with one attached hydrogen (secondary N) is 1. The van der Waals surface area contributed by atoms with Gasteiger partial charge >= 0.3 is 0 Å². The van der Waals surface area contributed by atoms with Crippen molar-refractivity contribution in [2.75, 3.05) is 62.7 Å². The van der Waals surface area contributed by atoms with Gasteiger partial charge in [-0.05, 0) is 51.2 Å². The Labute approximate surface area is 162 Å². The number of likely N-dealkylation sites (tertiary alicyclic amines) is 1. The minimum Gasteiger partial charge on any atom is -0.389 e. The number of hydrogen-bond donors (Lipinski definition) is 2. The molecule has 3 aliphatic heterocycles. The summed E-state index contributed by atoms with van der Waals surface area (Å²) in [6, 6.07) is 2.10. The number of nitrogens with zero attached hydrogens (tertiary/aromatic N) is 4. The molecule has 0 aromatic carbocycles. The standard InChI is InChI=1S/C20H33N5O2/c1-2-24-8-4-15(5-9-24)3-7-21-19-11-18(16-6-10-27-14-16)22-20(23-19)25-12-17(26)13-25/h11,15-17,26H,2-10,12-14H2,1H3,(H,21,22,23)/t16-/m0/s1. The van der Waals surface area contributed by atoms with Crippen LogP contribution in [0, 0.1) is 5.92 Å². The molecule has 0 spiro atoms. The maximum atomic E-state index is 9.62. The van der Waals surface area contributed by atoms with Crippen molar-refractivity contribution in [1.82, 2.24) is 14.9 Å². The first kappa shape index (κ1) is 18.9. The molecule has 7 heteroatoms. The van der Waals surface area contributed by atoms with Gasteiger partial charge in [0, 0.05) is 38.2 Å². The number of anilines is 2. The lowest BCUT2D eigenvalue weighted by molar-refractivity contribution is 0.140. The van der Waals surface area contributed by atoms with Crippen molar-refractivity contribution in [3.63, 3.8) is 0 Å². The van der Waals surface area contributed by atoms with Crippen LogP contribution in [-0.4, -0.2) is 78.6 Å². The van der Waals surface area contributed by atoms with Crippen molar-refractivity contribution in [1.29, 1.82) is 0 Å². The van der Waals surface area contributed by atoms with E-state index in [9.17, 15) is 5.11 Å². The van der Waals surface area contributed by atoms with Crippen LogP contribution in [0.3, 0.4) is 0 Å². The monoisotopic (exact) mass is 375 g/mol. The van der Waals surface area contributed by atoms with E-state index < -0.39 is 0 Å². The van der Waals surface area contributed by atoms with Gasteiger partial charge in [0.1, 0.15) is 5.82 Å². The Morgan fingerprint density at radius 3 is 2.70 bits per heavy atom. The second-order valence-corrected chi connectivity index (χ2v) is 8.19. The van der Waals surface area contributed by atoms with Crippen LogP contribution in [0.1, 0.15) is 44.2 Å². The summed E-state index contributed by atoms with van der Waals surface area (Å²) in [7, 11) is 0. The zero-order chi connectivity index (χ0) is 18.6. The molecule has 1 aromatic heterocycles. The number of rotatable bonds is 7. The average Bonchev–Trinajstić information content (AvgIpc) is 3.21. The van der Waals surface area contributed by atoms with Crippen LogP contribution < -0.4 is 10.2 Å². The van der Waals surface area contributed by atoms with Gasteiger partial charge in [-0.3, -0.25) is 0 Å². The molecule has 0 bridgehead atoms. The highest BCUT2D eigenvalue weighted by molar-refractivity contribution is 5.46. The molecule has 0 unspecified atom stereocenters. The van der Waals surface area contributed by atoms with Crippen LogP contribution in [0.2, 0.25) is 0 Å². The molecule has 150 valence electrons. The van der Waals surface area contributed by atoms with Gasteiger partial charge in [-0.15, -0.1) is 0 Å². The van der Waals surface area contributed by atoms with Gasteiger partial charge in [0.15, 0.2) is 0 Å². The Kier molecular flexibility index (Phi) is 6.10. The number of β-amino-alcohol motifs (C(OH)–C–C–N with tert-alkyl or cyclic N) is 1. The summed E-state index contributed by atoms with van der Waals surface area (Å²) >= 11 is 0. The smallest absolute Gasteiger partial charge is 0.227 e. The van der Waals surface area contributed by atoms with Gasteiger partial charge in [0.2, 0.25) is 5.95 Å². The number of hydrogen-bond acceptors (Lipinski definition) is 7. The molecule has 2 N–H and O–H groups in total. The first-order valence-corrected chi connectivity index (χ1v) is 10.6. The van der Waals surface area contributed by atoms with Crippen LogP contribution in [0.4, 0.5) is 11.8 Å². The molecule has 0 aliphatic carbocycles. The maximum absolute atomic E-state index is 9.62. The molecular formula is C20H33N5O2. The van der Waals surface area contributed by atoms with E-state index in [1.54, 1.807) is 0 Å². The summed E-state index contributed by atoms with van der Waals surface area (Å²) in [5, 5.41) is 13.2. The normalized spacial score (nSPS) is 25.0. The van der Waals surface area contributed by atoms with E-state index in [2.05, 4.69) is 28.1 Å². The lowest BCUT2D eigenvalue weighted by Crippen LogP contribution is -2.51. The van der Waals surface area contributed by atoms with Crippen molar-refractivity contribution >= 4 is 11.8 Å². The fourth-order valence-corrected chi connectivity index (χ4v) is 4.28. The van der Waals surface area contributed by atoms with Gasteiger partial charge in [-0.2, -0.15) is 4.98 Å². The van der Waals surface area contributed by atoms with Crippen LogP contribution in [-0.2, 0) is 4.74 Å². The van der Waals surface area contributed by atoms with Gasteiger partial charge in [-0.25, -0.2) is 4.98 Å².